The molecule has 0 spiro atoms. The summed E-state index contributed by atoms with van der Waals surface area (Å²) in [5, 5.41) is 2.65. The number of carbonyl (C=O) groups is 2. The first-order chi connectivity index (χ1) is 11.5. The van der Waals surface area contributed by atoms with Crippen molar-refractivity contribution in [1.29, 1.82) is 0 Å². The van der Waals surface area contributed by atoms with Crippen LogP contribution in [0, 0.1) is 4.91 Å². The maximum absolute atomic E-state index is 12.3. The van der Waals surface area contributed by atoms with E-state index in [-0.39, 0.29) is 12.2 Å². The molecule has 1 atom stereocenters. The van der Waals surface area contributed by atoms with Crippen molar-refractivity contribution in [2.24, 2.45) is 5.18 Å². The van der Waals surface area contributed by atoms with Gasteiger partial charge in [0.05, 0.1) is 7.11 Å². The summed E-state index contributed by atoms with van der Waals surface area (Å²) >= 11 is 5.67. The number of pyridine rings is 1. The van der Waals surface area contributed by atoms with Gasteiger partial charge in [-0.05, 0) is 23.8 Å². The average molecular weight is 349 g/mol. The summed E-state index contributed by atoms with van der Waals surface area (Å²) in [6.45, 7) is -0.115. The predicted molar refractivity (Wildman–Crippen MR) is 85.6 cm³/mol. The summed E-state index contributed by atoms with van der Waals surface area (Å²) in [6, 6.07) is 9.39. The lowest BCUT2D eigenvalue weighted by Gasteiger charge is -2.13. The monoisotopic (exact) mass is 348 g/mol. The van der Waals surface area contributed by atoms with Crippen LogP contribution in [0.5, 0.6) is 5.75 Å². The van der Waals surface area contributed by atoms with Crippen molar-refractivity contribution >= 4 is 23.5 Å². The SMILES string of the molecule is COc1cccc(C(C(=O)N=O)C(=O)OCc2ccc(Cl)nc2)c1. The number of carbonyl (C=O) groups excluding carboxylic acids is 2. The molecule has 0 saturated heterocycles. The number of benzene rings is 1. The lowest BCUT2D eigenvalue weighted by molar-refractivity contribution is -0.149. The van der Waals surface area contributed by atoms with Crippen LogP contribution in [-0.2, 0) is 20.9 Å². The fraction of sp³-hybridized carbons (Fsp3) is 0.188. The molecule has 1 aromatic carbocycles. The van der Waals surface area contributed by atoms with E-state index < -0.39 is 17.8 Å². The highest BCUT2D eigenvalue weighted by molar-refractivity contribution is 6.29. The number of amides is 1. The average Bonchev–Trinajstić information content (AvgIpc) is 2.61. The molecule has 1 heterocycles. The van der Waals surface area contributed by atoms with E-state index in [1.807, 2.05) is 0 Å². The Hall–Kier alpha value is -2.80. The van der Waals surface area contributed by atoms with Gasteiger partial charge in [-0.25, -0.2) is 4.98 Å². The van der Waals surface area contributed by atoms with E-state index in [1.54, 1.807) is 24.3 Å². The number of aromatic nitrogens is 1. The number of nitrogens with zero attached hydrogens (tertiary/aromatic N) is 2. The first-order valence-electron chi connectivity index (χ1n) is 6.83. The Kier molecular flexibility index (Phi) is 5.97. The highest BCUT2D eigenvalue weighted by Gasteiger charge is 2.31. The number of hydrogen-bond donors (Lipinski definition) is 0. The van der Waals surface area contributed by atoms with Crippen LogP contribution in [-0.4, -0.2) is 24.0 Å². The Labute approximate surface area is 142 Å². The zero-order valence-electron chi connectivity index (χ0n) is 12.6. The first kappa shape index (κ1) is 17.6. The van der Waals surface area contributed by atoms with Crippen molar-refractivity contribution in [2.45, 2.75) is 12.5 Å². The second-order valence-corrected chi connectivity index (χ2v) is 5.12. The van der Waals surface area contributed by atoms with Crippen molar-refractivity contribution < 1.29 is 19.1 Å². The van der Waals surface area contributed by atoms with Gasteiger partial charge in [0.15, 0.2) is 5.92 Å². The Morgan fingerprint density at radius 2 is 2.08 bits per heavy atom. The van der Waals surface area contributed by atoms with Crippen molar-refractivity contribution in [3.8, 4) is 5.75 Å². The summed E-state index contributed by atoms with van der Waals surface area (Å²) in [4.78, 5) is 38.5. The fourth-order valence-electron chi connectivity index (χ4n) is 1.98. The maximum atomic E-state index is 12.3. The maximum Gasteiger partial charge on any atom is 0.323 e. The highest BCUT2D eigenvalue weighted by Crippen LogP contribution is 2.24. The second-order valence-electron chi connectivity index (χ2n) is 4.74. The number of nitroso groups, excluding NO2 is 1. The van der Waals surface area contributed by atoms with Crippen LogP contribution in [0.2, 0.25) is 5.15 Å². The lowest BCUT2D eigenvalue weighted by atomic mass is 9.98. The number of halogens is 1. The first-order valence-corrected chi connectivity index (χ1v) is 7.21. The molecular formula is C16H13ClN2O5. The summed E-state index contributed by atoms with van der Waals surface area (Å²) < 4.78 is 10.1. The van der Waals surface area contributed by atoms with Gasteiger partial charge < -0.3 is 9.47 Å². The third-order valence-corrected chi connectivity index (χ3v) is 3.39. The molecule has 0 N–H and O–H groups in total. The Balaban J connectivity index is 2.17. The van der Waals surface area contributed by atoms with E-state index in [2.05, 4.69) is 10.2 Å². The molecule has 1 unspecified atom stereocenters. The quantitative estimate of drug-likeness (QED) is 0.345. The van der Waals surface area contributed by atoms with Gasteiger partial charge in [-0.15, -0.1) is 4.91 Å². The fourth-order valence-corrected chi connectivity index (χ4v) is 2.09. The Morgan fingerprint density at radius 3 is 2.71 bits per heavy atom. The molecule has 0 radical (unpaired) electrons. The number of hydrogen-bond acceptors (Lipinski definition) is 6. The molecule has 8 heteroatoms. The van der Waals surface area contributed by atoms with Crippen LogP contribution in [0.25, 0.3) is 0 Å². The number of ether oxygens (including phenoxy) is 2. The van der Waals surface area contributed by atoms with E-state index in [9.17, 15) is 14.5 Å². The molecule has 1 aromatic heterocycles. The third kappa shape index (κ3) is 4.36. The van der Waals surface area contributed by atoms with Crippen molar-refractivity contribution in [3.63, 3.8) is 0 Å². The smallest absolute Gasteiger partial charge is 0.323 e. The van der Waals surface area contributed by atoms with Crippen LogP contribution in [0.3, 0.4) is 0 Å². The van der Waals surface area contributed by atoms with E-state index in [0.29, 0.717) is 16.5 Å². The molecule has 2 rings (SSSR count). The summed E-state index contributed by atoms with van der Waals surface area (Å²) in [7, 11) is 1.44. The van der Waals surface area contributed by atoms with Gasteiger partial charge in [-0.1, -0.05) is 29.8 Å². The third-order valence-electron chi connectivity index (χ3n) is 3.17. The van der Waals surface area contributed by atoms with Gasteiger partial charge in [-0.3, -0.25) is 9.59 Å². The summed E-state index contributed by atoms with van der Waals surface area (Å²) in [6.07, 6.45) is 1.44. The van der Waals surface area contributed by atoms with E-state index >= 15 is 0 Å². The standard InChI is InChI=1S/C16H13ClN2O5/c1-23-12-4-2-3-11(7-12)14(15(20)19-22)16(21)24-9-10-5-6-13(17)18-8-10/h2-8,14H,9H2,1H3. The Morgan fingerprint density at radius 1 is 1.29 bits per heavy atom. The molecule has 0 bridgehead atoms. The molecule has 0 aliphatic heterocycles. The second kappa shape index (κ2) is 8.16. The zero-order valence-corrected chi connectivity index (χ0v) is 13.4. The topological polar surface area (TPSA) is 94.9 Å². The highest BCUT2D eigenvalue weighted by atomic mass is 35.5. The van der Waals surface area contributed by atoms with Gasteiger partial charge in [-0.2, -0.15) is 0 Å². The molecule has 0 aliphatic carbocycles. The van der Waals surface area contributed by atoms with Crippen LogP contribution in [0.1, 0.15) is 17.0 Å². The van der Waals surface area contributed by atoms with Gasteiger partial charge in [0.1, 0.15) is 17.5 Å². The van der Waals surface area contributed by atoms with Gasteiger partial charge >= 0.3 is 11.9 Å². The molecule has 1 amide bonds. The van der Waals surface area contributed by atoms with Crippen molar-refractivity contribution in [1.82, 2.24) is 4.98 Å². The molecule has 0 saturated carbocycles. The molecule has 7 nitrogen and oxygen atoms in total. The minimum Gasteiger partial charge on any atom is -0.497 e. The van der Waals surface area contributed by atoms with Gasteiger partial charge in [0.25, 0.3) is 0 Å². The molecular weight excluding hydrogens is 336 g/mol. The van der Waals surface area contributed by atoms with Crippen molar-refractivity contribution in [3.05, 3.63) is 63.8 Å². The zero-order chi connectivity index (χ0) is 17.5. The van der Waals surface area contributed by atoms with Crippen LogP contribution < -0.4 is 4.74 Å². The summed E-state index contributed by atoms with van der Waals surface area (Å²) in [5.74, 6) is -3.03. The van der Waals surface area contributed by atoms with Crippen LogP contribution in [0.15, 0.2) is 47.8 Å². The normalized spacial score (nSPS) is 11.4. The summed E-state index contributed by atoms with van der Waals surface area (Å²) in [5.41, 5.74) is 0.849. The molecule has 24 heavy (non-hydrogen) atoms. The largest absolute Gasteiger partial charge is 0.497 e. The van der Waals surface area contributed by atoms with E-state index in [0.717, 1.165) is 0 Å². The van der Waals surface area contributed by atoms with Gasteiger partial charge in [0, 0.05) is 16.9 Å². The van der Waals surface area contributed by atoms with Gasteiger partial charge in [0.2, 0.25) is 0 Å². The van der Waals surface area contributed by atoms with E-state index in [4.69, 9.17) is 21.1 Å². The number of esters is 1. The molecule has 2 aromatic rings. The molecule has 0 aliphatic rings. The number of rotatable bonds is 6. The van der Waals surface area contributed by atoms with E-state index in [1.165, 1.54) is 25.4 Å². The lowest BCUT2D eigenvalue weighted by Crippen LogP contribution is -2.22. The Bertz CT molecular complexity index is 748. The molecule has 124 valence electrons. The van der Waals surface area contributed by atoms with Crippen molar-refractivity contribution in [2.75, 3.05) is 7.11 Å². The van der Waals surface area contributed by atoms with Crippen LogP contribution in [0.4, 0.5) is 0 Å². The van der Waals surface area contributed by atoms with Crippen LogP contribution >= 0.6 is 11.6 Å². The molecule has 0 fully saturated rings. The minimum atomic E-state index is -1.45. The number of methoxy groups -OCH3 is 1. The predicted octanol–water partition coefficient (Wildman–Crippen LogP) is 2.86. The minimum absolute atomic E-state index is 0.115.